The van der Waals surface area contributed by atoms with Gasteiger partial charge in [0.15, 0.2) is 0 Å². The van der Waals surface area contributed by atoms with Gasteiger partial charge in [-0.15, -0.1) is 0 Å². The van der Waals surface area contributed by atoms with Crippen molar-refractivity contribution in [2.75, 3.05) is 18.0 Å². The molecule has 94 valence electrons. The average Bonchev–Trinajstić information content (AvgIpc) is 2.41. The normalized spacial score (nSPS) is 24.4. The van der Waals surface area contributed by atoms with Crippen LogP contribution in [0.25, 0.3) is 10.9 Å². The van der Waals surface area contributed by atoms with E-state index >= 15 is 0 Å². The number of aromatic nitrogens is 2. The molecule has 2 heterocycles. The first-order chi connectivity index (χ1) is 8.74. The smallest absolute Gasteiger partial charge is 0.225 e. The first-order valence-corrected chi connectivity index (χ1v) is 6.46. The van der Waals surface area contributed by atoms with E-state index in [2.05, 4.69) is 21.8 Å². The van der Waals surface area contributed by atoms with E-state index in [9.17, 15) is 0 Å². The highest BCUT2D eigenvalue weighted by Gasteiger charge is 2.24. The number of nitrogens with two attached hydrogens (primary N) is 1. The minimum atomic E-state index is 0.217. The Balaban J connectivity index is 1.90. The quantitative estimate of drug-likeness (QED) is 0.828. The molecular formula is C14H18N4. The van der Waals surface area contributed by atoms with Crippen molar-refractivity contribution >= 4 is 16.9 Å². The molecule has 0 bridgehead atoms. The third-order valence-electron chi connectivity index (χ3n) is 3.78. The number of rotatable bonds is 1. The van der Waals surface area contributed by atoms with Gasteiger partial charge in [0.1, 0.15) is 0 Å². The fourth-order valence-corrected chi connectivity index (χ4v) is 2.40. The second-order valence-electron chi connectivity index (χ2n) is 5.10. The lowest BCUT2D eigenvalue weighted by Crippen LogP contribution is -2.48. The first-order valence-electron chi connectivity index (χ1n) is 6.46. The molecule has 2 aromatic rings. The molecule has 0 radical (unpaired) electrons. The maximum atomic E-state index is 6.12. The fourth-order valence-electron chi connectivity index (χ4n) is 2.40. The second kappa shape index (κ2) is 4.53. The lowest BCUT2D eigenvalue weighted by molar-refractivity contribution is 0.376. The molecule has 1 fully saturated rings. The molecular weight excluding hydrogens is 224 g/mol. The van der Waals surface area contributed by atoms with Crippen LogP contribution in [0.5, 0.6) is 0 Å². The molecule has 1 aromatic heterocycles. The SMILES string of the molecule is CC1CCN(c2ncc3ccccc3n2)CC1N. The van der Waals surface area contributed by atoms with Gasteiger partial charge in [-0.25, -0.2) is 9.97 Å². The van der Waals surface area contributed by atoms with Crippen LogP contribution >= 0.6 is 0 Å². The molecule has 4 nitrogen and oxygen atoms in total. The molecule has 0 saturated carbocycles. The summed E-state index contributed by atoms with van der Waals surface area (Å²) in [4.78, 5) is 11.3. The van der Waals surface area contributed by atoms with E-state index in [4.69, 9.17) is 5.73 Å². The summed E-state index contributed by atoms with van der Waals surface area (Å²) in [5, 5.41) is 1.08. The van der Waals surface area contributed by atoms with E-state index in [-0.39, 0.29) is 6.04 Å². The molecule has 2 N–H and O–H groups in total. The Hall–Kier alpha value is -1.68. The van der Waals surface area contributed by atoms with Crippen LogP contribution in [0.15, 0.2) is 30.5 Å². The van der Waals surface area contributed by atoms with Gasteiger partial charge in [0.05, 0.1) is 5.52 Å². The summed E-state index contributed by atoms with van der Waals surface area (Å²) in [5.74, 6) is 1.39. The van der Waals surface area contributed by atoms with E-state index in [1.807, 2.05) is 30.5 Å². The zero-order valence-electron chi connectivity index (χ0n) is 10.6. The summed E-state index contributed by atoms with van der Waals surface area (Å²) in [6, 6.07) is 8.28. The predicted octanol–water partition coefficient (Wildman–Crippen LogP) is 1.80. The van der Waals surface area contributed by atoms with E-state index in [1.54, 1.807) is 0 Å². The Morgan fingerprint density at radius 1 is 1.33 bits per heavy atom. The molecule has 4 heteroatoms. The lowest BCUT2D eigenvalue weighted by Gasteiger charge is -2.35. The number of hydrogen-bond donors (Lipinski definition) is 1. The minimum Gasteiger partial charge on any atom is -0.339 e. The number of benzene rings is 1. The summed E-state index contributed by atoms with van der Waals surface area (Å²) in [6.45, 7) is 4.05. The van der Waals surface area contributed by atoms with Crippen molar-refractivity contribution in [1.29, 1.82) is 0 Å². The number of para-hydroxylation sites is 1. The maximum Gasteiger partial charge on any atom is 0.225 e. The standard InChI is InChI=1S/C14H18N4/c1-10-6-7-18(9-12(10)15)14-16-8-11-4-2-3-5-13(11)17-14/h2-5,8,10,12H,6-7,9,15H2,1H3. The van der Waals surface area contributed by atoms with E-state index in [0.717, 1.165) is 36.4 Å². The summed E-state index contributed by atoms with van der Waals surface area (Å²) in [5.41, 5.74) is 7.12. The zero-order valence-corrected chi connectivity index (χ0v) is 10.6. The molecule has 2 atom stereocenters. The van der Waals surface area contributed by atoms with Crippen LogP contribution < -0.4 is 10.6 Å². The largest absolute Gasteiger partial charge is 0.339 e. The number of fused-ring (bicyclic) bond motifs is 1. The zero-order chi connectivity index (χ0) is 12.5. The van der Waals surface area contributed by atoms with Gasteiger partial charge in [-0.2, -0.15) is 0 Å². The summed E-state index contributed by atoms with van der Waals surface area (Å²) in [7, 11) is 0. The Morgan fingerprint density at radius 2 is 2.17 bits per heavy atom. The summed E-state index contributed by atoms with van der Waals surface area (Å²) >= 11 is 0. The number of piperidine rings is 1. The molecule has 1 aromatic carbocycles. The van der Waals surface area contributed by atoms with Crippen LogP contribution in [0, 0.1) is 5.92 Å². The van der Waals surface area contributed by atoms with Crippen LogP contribution in [0.3, 0.4) is 0 Å². The van der Waals surface area contributed by atoms with Gasteiger partial charge in [0.2, 0.25) is 5.95 Å². The van der Waals surface area contributed by atoms with Gasteiger partial charge < -0.3 is 10.6 Å². The van der Waals surface area contributed by atoms with Crippen molar-refractivity contribution < 1.29 is 0 Å². The van der Waals surface area contributed by atoms with Gasteiger partial charge in [-0.1, -0.05) is 25.1 Å². The summed E-state index contributed by atoms with van der Waals surface area (Å²) in [6.07, 6.45) is 3.00. The van der Waals surface area contributed by atoms with Crippen molar-refractivity contribution in [2.45, 2.75) is 19.4 Å². The Kier molecular flexibility index (Phi) is 2.88. The molecule has 1 aliphatic rings. The lowest BCUT2D eigenvalue weighted by atomic mass is 9.94. The molecule has 0 amide bonds. The van der Waals surface area contributed by atoms with Crippen molar-refractivity contribution in [3.8, 4) is 0 Å². The monoisotopic (exact) mass is 242 g/mol. The van der Waals surface area contributed by atoms with Crippen molar-refractivity contribution in [3.05, 3.63) is 30.5 Å². The molecule has 2 unspecified atom stereocenters. The Morgan fingerprint density at radius 3 is 3.00 bits per heavy atom. The molecule has 1 aliphatic heterocycles. The van der Waals surface area contributed by atoms with E-state index < -0.39 is 0 Å². The van der Waals surface area contributed by atoms with Gasteiger partial charge in [0, 0.05) is 30.7 Å². The summed E-state index contributed by atoms with van der Waals surface area (Å²) < 4.78 is 0. The van der Waals surface area contributed by atoms with Gasteiger partial charge in [-0.05, 0) is 18.4 Å². The predicted molar refractivity (Wildman–Crippen MR) is 73.5 cm³/mol. The minimum absolute atomic E-state index is 0.217. The van der Waals surface area contributed by atoms with Crippen LogP contribution in [-0.2, 0) is 0 Å². The highest BCUT2D eigenvalue weighted by Crippen LogP contribution is 2.21. The highest BCUT2D eigenvalue weighted by atomic mass is 15.3. The van der Waals surface area contributed by atoms with Crippen LogP contribution in [0.2, 0.25) is 0 Å². The topological polar surface area (TPSA) is 55.0 Å². The molecule has 0 aliphatic carbocycles. The number of hydrogen-bond acceptors (Lipinski definition) is 4. The van der Waals surface area contributed by atoms with Crippen LogP contribution in [-0.4, -0.2) is 29.1 Å². The number of nitrogens with zero attached hydrogens (tertiary/aromatic N) is 3. The van der Waals surface area contributed by atoms with Gasteiger partial charge >= 0.3 is 0 Å². The van der Waals surface area contributed by atoms with Crippen LogP contribution in [0.1, 0.15) is 13.3 Å². The Labute approximate surface area is 107 Å². The van der Waals surface area contributed by atoms with Crippen LogP contribution in [0.4, 0.5) is 5.95 Å². The molecule has 0 spiro atoms. The fraction of sp³-hybridized carbons (Fsp3) is 0.429. The molecule has 3 rings (SSSR count). The van der Waals surface area contributed by atoms with Gasteiger partial charge in [-0.3, -0.25) is 0 Å². The Bertz CT molecular complexity index is 554. The van der Waals surface area contributed by atoms with Gasteiger partial charge in [0.25, 0.3) is 0 Å². The maximum absolute atomic E-state index is 6.12. The second-order valence-corrected chi connectivity index (χ2v) is 5.10. The molecule has 1 saturated heterocycles. The van der Waals surface area contributed by atoms with E-state index in [0.29, 0.717) is 5.92 Å². The highest BCUT2D eigenvalue weighted by molar-refractivity contribution is 5.78. The van der Waals surface area contributed by atoms with Crippen molar-refractivity contribution in [3.63, 3.8) is 0 Å². The van der Waals surface area contributed by atoms with Crippen molar-refractivity contribution in [2.24, 2.45) is 11.7 Å². The van der Waals surface area contributed by atoms with Crippen molar-refractivity contribution in [1.82, 2.24) is 9.97 Å². The third-order valence-corrected chi connectivity index (χ3v) is 3.78. The van der Waals surface area contributed by atoms with E-state index in [1.165, 1.54) is 0 Å². The first kappa shape index (κ1) is 11.4. The number of anilines is 1. The molecule has 18 heavy (non-hydrogen) atoms. The third kappa shape index (κ3) is 2.04. The average molecular weight is 242 g/mol.